The van der Waals surface area contributed by atoms with Crippen LogP contribution in [0.4, 0.5) is 0 Å². The van der Waals surface area contributed by atoms with E-state index >= 15 is 0 Å². The summed E-state index contributed by atoms with van der Waals surface area (Å²) >= 11 is 0. The van der Waals surface area contributed by atoms with Crippen molar-refractivity contribution in [2.75, 3.05) is 6.54 Å². The summed E-state index contributed by atoms with van der Waals surface area (Å²) in [5.74, 6) is 0.615. The third-order valence-corrected chi connectivity index (χ3v) is 9.11. The van der Waals surface area contributed by atoms with E-state index in [1.165, 1.54) is 11.6 Å². The van der Waals surface area contributed by atoms with E-state index in [0.29, 0.717) is 42.8 Å². The largest absolute Gasteiger partial charge is 0.356 e. The molecule has 0 unspecified atom stereocenters. The Morgan fingerprint density at radius 3 is 1.63 bits per heavy atom. The Labute approximate surface area is 381 Å². The summed E-state index contributed by atoms with van der Waals surface area (Å²) in [7, 11) is 11.2. The van der Waals surface area contributed by atoms with Crippen LogP contribution in [0.15, 0.2) is 144 Å². The number of halogens is 2. The molecule has 8 aromatic heterocycles. The number of rotatable bonds is 11. The number of hydrogen-bond donors (Lipinski definition) is 2. The molecule has 0 aliphatic carbocycles. The first-order valence-electron chi connectivity index (χ1n) is 19.3. The van der Waals surface area contributed by atoms with Crippen LogP contribution in [0.5, 0.6) is 0 Å². The van der Waals surface area contributed by atoms with Crippen molar-refractivity contribution in [1.82, 2.24) is 54.3 Å². The minimum absolute atomic E-state index is 0. The van der Waals surface area contributed by atoms with Crippen molar-refractivity contribution in [2.24, 2.45) is 14.1 Å². The molecule has 2 N–H and O–H groups in total. The molecule has 0 radical (unpaired) electrons. The summed E-state index contributed by atoms with van der Waals surface area (Å²) < 4.78 is 2.40. The number of H-pyrrole nitrogens is 1. The fourth-order valence-electron chi connectivity index (χ4n) is 6.02. The number of pyridine rings is 6. The molecule has 8 heterocycles. The Balaban J connectivity index is 0.000000253. The molecule has 0 saturated heterocycles. The Bertz CT molecular complexity index is 2550. The van der Waals surface area contributed by atoms with Crippen LogP contribution in [0.1, 0.15) is 36.2 Å². The molecule has 14 nitrogen and oxygen atoms in total. The number of aromatic nitrogens is 10. The first-order valence-corrected chi connectivity index (χ1v) is 20.5. The van der Waals surface area contributed by atoms with Gasteiger partial charge in [-0.05, 0) is 110 Å². The van der Waals surface area contributed by atoms with Crippen molar-refractivity contribution in [1.29, 1.82) is 0 Å². The minimum atomic E-state index is -0.414. The number of fused-ring (bicyclic) bond motifs is 1. The molecule has 17 heteroatoms. The number of carbonyl (C=O) groups excluding carboxylic acids is 1. The van der Waals surface area contributed by atoms with Gasteiger partial charge in [-0.2, -0.15) is 0 Å². The van der Waals surface area contributed by atoms with Crippen LogP contribution in [0.3, 0.4) is 0 Å². The molecule has 0 aromatic carbocycles. The average molecular weight is 960 g/mol. The molecule has 320 valence electrons. The van der Waals surface area contributed by atoms with Crippen molar-refractivity contribution in [3.63, 3.8) is 0 Å². The Hall–Kier alpha value is -6.28. The van der Waals surface area contributed by atoms with E-state index in [9.17, 15) is 14.4 Å². The van der Waals surface area contributed by atoms with Gasteiger partial charge in [-0.25, -0.2) is 9.78 Å². The summed E-state index contributed by atoms with van der Waals surface area (Å²) in [6.45, 7) is 2.53. The molecule has 0 fully saturated rings. The number of nitrogens with one attached hydrogen (secondary N) is 2. The van der Waals surface area contributed by atoms with E-state index in [-0.39, 0.29) is 25.4 Å². The second-order valence-corrected chi connectivity index (χ2v) is 13.5. The second-order valence-electron chi connectivity index (χ2n) is 13.5. The minimum Gasteiger partial charge on any atom is -0.356 e. The van der Waals surface area contributed by atoms with Gasteiger partial charge in [0.1, 0.15) is 11.3 Å². The maximum atomic E-state index is 12.3. The molecule has 0 aliphatic heterocycles. The number of amides is 1. The number of nitrogens with zero attached hydrogens (tertiary/aromatic N) is 9. The van der Waals surface area contributed by atoms with Crippen LogP contribution in [-0.2, 0) is 51.2 Å². The summed E-state index contributed by atoms with van der Waals surface area (Å²) in [5.41, 5.74) is 7.43. The van der Waals surface area contributed by atoms with E-state index in [1.807, 2.05) is 104 Å². The quantitative estimate of drug-likeness (QED) is 0.0977. The zero-order valence-electron chi connectivity index (χ0n) is 34.3. The van der Waals surface area contributed by atoms with E-state index in [2.05, 4.69) is 66.9 Å². The van der Waals surface area contributed by atoms with Gasteiger partial charge in [0.2, 0.25) is 5.91 Å². The molecule has 0 aliphatic rings. The summed E-state index contributed by atoms with van der Waals surface area (Å²) in [6.07, 6.45) is 13.8. The monoisotopic (exact) mass is 959 g/mol. The SMILES string of the molecule is Cc1ccnc(-c2cc(CCCC(=O)NCCCc3nc4c([nH]3)c(=O)n(C)c(=O)n4C)ccn2)c1.ClCl.[Ru].c1ccc(-c2ccccn2)nc1.c1ccc(-c2ccccn2)nc1. The molecule has 8 rings (SSSR count). The fourth-order valence-corrected chi connectivity index (χ4v) is 6.02. The van der Waals surface area contributed by atoms with Crippen molar-refractivity contribution in [3.05, 3.63) is 172 Å². The normalized spacial score (nSPS) is 10.1. The van der Waals surface area contributed by atoms with Gasteiger partial charge < -0.3 is 10.3 Å². The third-order valence-electron chi connectivity index (χ3n) is 9.11. The van der Waals surface area contributed by atoms with Gasteiger partial charge in [0, 0.05) is 112 Å². The molecule has 62 heavy (non-hydrogen) atoms. The first-order chi connectivity index (χ1) is 29.8. The van der Waals surface area contributed by atoms with Crippen molar-refractivity contribution in [2.45, 2.75) is 39.0 Å². The van der Waals surface area contributed by atoms with E-state index in [1.54, 1.807) is 44.2 Å². The molecular formula is C45H45Cl2N11O3Ru. The zero-order valence-corrected chi connectivity index (χ0v) is 37.6. The van der Waals surface area contributed by atoms with Crippen molar-refractivity contribution in [3.8, 4) is 34.2 Å². The average Bonchev–Trinajstić information content (AvgIpc) is 3.76. The predicted octanol–water partition coefficient (Wildman–Crippen LogP) is 7.46. The van der Waals surface area contributed by atoms with Crippen LogP contribution in [-0.4, -0.2) is 61.5 Å². The van der Waals surface area contributed by atoms with Crippen LogP contribution < -0.4 is 16.6 Å². The summed E-state index contributed by atoms with van der Waals surface area (Å²) in [5, 5.41) is 2.93. The number of hydrogen-bond acceptors (Lipinski definition) is 10. The van der Waals surface area contributed by atoms with Gasteiger partial charge in [-0.3, -0.25) is 48.6 Å². The molecule has 0 atom stereocenters. The zero-order chi connectivity index (χ0) is 43.4. The third kappa shape index (κ3) is 14.2. The summed E-state index contributed by atoms with van der Waals surface area (Å²) in [6, 6.07) is 31.1. The number of carbonyl (C=O) groups is 1. The molecule has 0 bridgehead atoms. The van der Waals surface area contributed by atoms with Crippen molar-refractivity contribution >= 4 is 38.8 Å². The van der Waals surface area contributed by atoms with E-state index in [4.69, 9.17) is 0 Å². The standard InChI is InChI=1S/C25H29N7O3.2C10H8N2.Cl2.Ru/c1-16-9-12-26-18(14-16)19-15-17(10-13-27-19)6-4-8-21(33)28-11-5-7-20-29-22-23(30-20)31(2)25(35)32(3)24(22)34;2*1-3-7-11-9(5-1)10-6-2-4-8-12-10;1-2;/h9-10,12-15H,4-8,11H2,1-3H3,(H,28,33)(H,29,30);2*1-8H;;. The van der Waals surface area contributed by atoms with E-state index in [0.717, 1.165) is 62.7 Å². The molecule has 0 spiro atoms. The van der Waals surface area contributed by atoms with Crippen LogP contribution in [0.2, 0.25) is 0 Å². The van der Waals surface area contributed by atoms with Gasteiger partial charge in [0.05, 0.1) is 34.2 Å². The maximum Gasteiger partial charge on any atom is 0.332 e. The van der Waals surface area contributed by atoms with Gasteiger partial charge in [-0.15, -0.1) is 0 Å². The van der Waals surface area contributed by atoms with E-state index < -0.39 is 11.2 Å². The van der Waals surface area contributed by atoms with Crippen molar-refractivity contribution < 1.29 is 24.3 Å². The predicted molar refractivity (Wildman–Crippen MR) is 240 cm³/mol. The first kappa shape index (κ1) is 48.4. The second kappa shape index (κ2) is 25.5. The topological polar surface area (TPSA) is 179 Å². The maximum absolute atomic E-state index is 12.3. The smallest absolute Gasteiger partial charge is 0.332 e. The molecule has 1 amide bonds. The Morgan fingerprint density at radius 1 is 0.629 bits per heavy atom. The molecular weight excluding hydrogens is 915 g/mol. The number of aromatic amines is 1. The number of imidazole rings is 1. The van der Waals surface area contributed by atoms with Crippen LogP contribution in [0, 0.1) is 6.92 Å². The van der Waals surface area contributed by atoms with Crippen LogP contribution in [0.25, 0.3) is 45.3 Å². The summed E-state index contributed by atoms with van der Waals surface area (Å²) in [4.78, 5) is 69.5. The van der Waals surface area contributed by atoms with Gasteiger partial charge in [0.25, 0.3) is 5.56 Å². The Kier molecular flexibility index (Phi) is 19.9. The molecule has 8 aromatic rings. The molecule has 0 saturated carbocycles. The fraction of sp³-hybridized carbons (Fsp3) is 0.200. The number of aryl methyl sites for hydroxylation is 4. The van der Waals surface area contributed by atoms with Crippen LogP contribution >= 0.6 is 21.7 Å². The van der Waals surface area contributed by atoms with Gasteiger partial charge in [0.15, 0.2) is 5.65 Å². The Morgan fingerprint density at radius 2 is 1.13 bits per heavy atom. The van der Waals surface area contributed by atoms with Gasteiger partial charge >= 0.3 is 5.69 Å². The van der Waals surface area contributed by atoms with Gasteiger partial charge in [-0.1, -0.05) is 24.3 Å².